The number of hydrogen-bond acceptors (Lipinski definition) is 0. The zero-order valence-electron chi connectivity index (χ0n) is 5.23. The highest BCUT2D eigenvalue weighted by molar-refractivity contribution is 5.92. The van der Waals surface area contributed by atoms with Gasteiger partial charge in [0.05, 0.1) is 6.42 Å². The van der Waals surface area contributed by atoms with E-state index in [9.17, 15) is 0 Å². The van der Waals surface area contributed by atoms with Crippen LogP contribution in [-0.2, 0) is 0 Å². The van der Waals surface area contributed by atoms with E-state index in [1.54, 1.807) is 6.08 Å². The van der Waals surface area contributed by atoms with Crippen LogP contribution in [0.1, 0.15) is 6.42 Å². The first-order valence-electron chi connectivity index (χ1n) is 2.47. The Kier molecular flexibility index (Phi) is 7.97. The third-order valence-electron chi connectivity index (χ3n) is 0.991. The summed E-state index contributed by atoms with van der Waals surface area (Å²) in [5, 5.41) is 0. The molecule has 0 unspecified atom stereocenters. The van der Waals surface area contributed by atoms with E-state index >= 15 is 0 Å². The quantitative estimate of drug-likeness (QED) is 0.403. The van der Waals surface area contributed by atoms with E-state index in [4.69, 9.17) is 5.53 Å². The monoisotopic (exact) mass is 178 g/mol. The van der Waals surface area contributed by atoms with Gasteiger partial charge in [0.2, 0.25) is 0 Å². The second-order valence-electron chi connectivity index (χ2n) is 1.58. The second kappa shape index (κ2) is 6.56. The van der Waals surface area contributed by atoms with Crippen molar-refractivity contribution < 1.29 is 4.79 Å². The zero-order valence-corrected chi connectivity index (χ0v) is 6.86. The molecule has 0 saturated heterocycles. The highest BCUT2D eigenvalue weighted by Gasteiger charge is 1.99. The van der Waals surface area contributed by atoms with Crippen LogP contribution in [-0.4, -0.2) is 10.5 Å². The minimum absolute atomic E-state index is 0. The molecule has 0 atom stereocenters. The van der Waals surface area contributed by atoms with Crippen molar-refractivity contribution in [2.24, 2.45) is 0 Å². The van der Waals surface area contributed by atoms with Gasteiger partial charge in [-0.3, -0.25) is 0 Å². The van der Waals surface area contributed by atoms with Crippen molar-refractivity contribution in [1.82, 2.24) is 0 Å². The first-order valence-corrected chi connectivity index (χ1v) is 2.47. The molecule has 1 rings (SSSR count). The molecular formula is C6H8Cl2N2. The molecule has 1 aliphatic rings. The summed E-state index contributed by atoms with van der Waals surface area (Å²) < 4.78 is 0. The fourth-order valence-electron chi connectivity index (χ4n) is 0.576. The van der Waals surface area contributed by atoms with Crippen LogP contribution >= 0.6 is 24.8 Å². The Balaban J connectivity index is 0. The maximum Gasteiger partial charge on any atom is 0.295 e. The minimum Gasteiger partial charge on any atom is -0.361 e. The molecule has 56 valence electrons. The van der Waals surface area contributed by atoms with Crippen LogP contribution in [0.15, 0.2) is 24.3 Å². The van der Waals surface area contributed by atoms with E-state index in [1.807, 2.05) is 18.2 Å². The van der Waals surface area contributed by atoms with E-state index in [2.05, 4.69) is 4.79 Å². The van der Waals surface area contributed by atoms with Gasteiger partial charge in [-0.25, -0.2) is 0 Å². The summed E-state index contributed by atoms with van der Waals surface area (Å²) in [4.78, 5) is 3.03. The Morgan fingerprint density at radius 1 is 1.30 bits per heavy atom. The molecule has 0 spiro atoms. The van der Waals surface area contributed by atoms with Gasteiger partial charge in [-0.1, -0.05) is 18.2 Å². The molecule has 10 heavy (non-hydrogen) atoms. The lowest BCUT2D eigenvalue weighted by molar-refractivity contribution is -0.00537. The number of nitrogens with zero attached hydrogens (tertiary/aromatic N) is 2. The van der Waals surface area contributed by atoms with Crippen molar-refractivity contribution in [2.75, 3.05) is 0 Å². The lowest BCUT2D eigenvalue weighted by Crippen LogP contribution is -1.93. The van der Waals surface area contributed by atoms with Crippen LogP contribution in [0.25, 0.3) is 5.53 Å². The molecule has 0 aliphatic heterocycles. The molecule has 0 aromatic carbocycles. The Labute approximate surface area is 72.1 Å². The van der Waals surface area contributed by atoms with Gasteiger partial charge in [0.1, 0.15) is 0 Å². The number of allylic oxidation sites excluding steroid dienone is 4. The number of hydrogen-bond donors (Lipinski definition) is 0. The van der Waals surface area contributed by atoms with Gasteiger partial charge >= 0.3 is 0 Å². The van der Waals surface area contributed by atoms with Crippen molar-refractivity contribution in [3.63, 3.8) is 0 Å². The van der Waals surface area contributed by atoms with Crippen molar-refractivity contribution in [2.45, 2.75) is 6.42 Å². The highest BCUT2D eigenvalue weighted by atomic mass is 35.5. The Morgan fingerprint density at radius 2 is 2.00 bits per heavy atom. The average molecular weight is 179 g/mol. The van der Waals surface area contributed by atoms with Gasteiger partial charge < -0.3 is 5.53 Å². The van der Waals surface area contributed by atoms with E-state index in [1.165, 1.54) is 0 Å². The molecule has 0 saturated carbocycles. The van der Waals surface area contributed by atoms with Crippen LogP contribution in [0.4, 0.5) is 0 Å². The van der Waals surface area contributed by atoms with Crippen molar-refractivity contribution in [3.05, 3.63) is 29.8 Å². The van der Waals surface area contributed by atoms with Gasteiger partial charge in [-0.05, 0) is 0 Å². The van der Waals surface area contributed by atoms with Crippen LogP contribution in [0, 0.1) is 0 Å². The molecule has 2 nitrogen and oxygen atoms in total. The molecule has 4 heteroatoms. The summed E-state index contributed by atoms with van der Waals surface area (Å²) in [7, 11) is 0. The van der Waals surface area contributed by atoms with Gasteiger partial charge in [-0.2, -0.15) is 4.79 Å². The van der Waals surface area contributed by atoms with Gasteiger partial charge in [0.25, 0.3) is 5.71 Å². The van der Waals surface area contributed by atoms with Gasteiger partial charge in [0.15, 0.2) is 0 Å². The van der Waals surface area contributed by atoms with Gasteiger partial charge in [0, 0.05) is 6.08 Å². The smallest absolute Gasteiger partial charge is 0.295 e. The average Bonchev–Trinajstić information content (AvgIpc) is 1.90. The maximum absolute atomic E-state index is 8.19. The molecule has 0 aromatic heterocycles. The summed E-state index contributed by atoms with van der Waals surface area (Å²) in [6, 6.07) is 0. The Hall–Kier alpha value is -0.560. The standard InChI is InChI=1S/C6H6N2.2ClH/c7-8-6-4-2-1-3-5-6;;/h1-4H,5H2;2*1H. The molecule has 0 bridgehead atoms. The summed E-state index contributed by atoms with van der Waals surface area (Å²) >= 11 is 0. The topological polar surface area (TPSA) is 36.4 Å². The van der Waals surface area contributed by atoms with E-state index < -0.39 is 0 Å². The van der Waals surface area contributed by atoms with Crippen molar-refractivity contribution >= 4 is 30.5 Å². The van der Waals surface area contributed by atoms with Crippen LogP contribution in [0.2, 0.25) is 0 Å². The number of rotatable bonds is 0. The fourth-order valence-corrected chi connectivity index (χ4v) is 0.576. The SMILES string of the molecule is Cl.Cl.[N-]=[N+]=C1C=CC=CC1. The van der Waals surface area contributed by atoms with Crippen LogP contribution in [0.5, 0.6) is 0 Å². The maximum atomic E-state index is 8.19. The lowest BCUT2D eigenvalue weighted by Gasteiger charge is -1.85. The molecule has 0 heterocycles. The van der Waals surface area contributed by atoms with Gasteiger partial charge in [-0.15, -0.1) is 24.8 Å². The summed E-state index contributed by atoms with van der Waals surface area (Å²) in [5.41, 5.74) is 8.91. The van der Waals surface area contributed by atoms with Crippen molar-refractivity contribution in [3.8, 4) is 0 Å². The highest BCUT2D eigenvalue weighted by Crippen LogP contribution is 1.94. The summed E-state index contributed by atoms with van der Waals surface area (Å²) in [6.07, 6.45) is 8.23. The second-order valence-corrected chi connectivity index (χ2v) is 1.58. The third-order valence-corrected chi connectivity index (χ3v) is 0.991. The summed E-state index contributed by atoms with van der Waals surface area (Å²) in [6.45, 7) is 0. The fraction of sp³-hybridized carbons (Fsp3) is 0.167. The molecule has 0 radical (unpaired) electrons. The normalized spacial score (nSPS) is 13.0. The van der Waals surface area contributed by atoms with Crippen molar-refractivity contribution in [1.29, 1.82) is 0 Å². The molecular weight excluding hydrogens is 171 g/mol. The largest absolute Gasteiger partial charge is 0.361 e. The predicted molar refractivity (Wildman–Crippen MR) is 46.0 cm³/mol. The predicted octanol–water partition coefficient (Wildman–Crippen LogP) is 2.02. The molecule has 0 amide bonds. The van der Waals surface area contributed by atoms with E-state index in [0.717, 1.165) is 6.42 Å². The Morgan fingerprint density at radius 3 is 2.30 bits per heavy atom. The minimum atomic E-state index is 0. The van der Waals surface area contributed by atoms with E-state index in [0.29, 0.717) is 5.71 Å². The first kappa shape index (κ1) is 12.1. The first-order chi connectivity index (χ1) is 3.93. The molecule has 1 aliphatic carbocycles. The third kappa shape index (κ3) is 3.46. The van der Waals surface area contributed by atoms with Crippen LogP contribution in [0.3, 0.4) is 0 Å². The number of halogens is 2. The van der Waals surface area contributed by atoms with Crippen LogP contribution < -0.4 is 0 Å². The zero-order chi connectivity index (χ0) is 5.82. The molecule has 0 fully saturated rings. The lowest BCUT2D eigenvalue weighted by atomic mass is 10.2. The summed E-state index contributed by atoms with van der Waals surface area (Å²) in [5.74, 6) is 0. The Bertz CT molecular complexity index is 190. The molecule has 0 aromatic rings. The van der Waals surface area contributed by atoms with E-state index in [-0.39, 0.29) is 24.8 Å². The molecule has 0 N–H and O–H groups in total.